The molecule has 0 saturated carbocycles. The van der Waals surface area contributed by atoms with Gasteiger partial charge in [0.1, 0.15) is 11.9 Å². The van der Waals surface area contributed by atoms with Gasteiger partial charge in [-0.05, 0) is 42.7 Å². The Morgan fingerprint density at radius 2 is 1.92 bits per heavy atom. The normalized spacial score (nSPS) is 12.0. The molecule has 3 aromatic rings. The lowest BCUT2D eigenvalue weighted by Crippen LogP contribution is -2.21. The Bertz CT molecular complexity index is 820. The fourth-order valence-electron chi connectivity index (χ4n) is 2.77. The number of benzene rings is 2. The number of imidazole rings is 1. The summed E-state index contributed by atoms with van der Waals surface area (Å²) < 4.78 is 11.6. The van der Waals surface area contributed by atoms with Crippen LogP contribution in [0, 0.1) is 0 Å². The summed E-state index contributed by atoms with van der Waals surface area (Å²) >= 11 is 12.2. The summed E-state index contributed by atoms with van der Waals surface area (Å²) in [5.41, 5.74) is 1.21. The van der Waals surface area contributed by atoms with Crippen LogP contribution in [-0.2, 0) is 12.8 Å². The second-order valence-electron chi connectivity index (χ2n) is 5.92. The van der Waals surface area contributed by atoms with E-state index in [-0.39, 0.29) is 6.10 Å². The van der Waals surface area contributed by atoms with E-state index in [1.807, 2.05) is 42.6 Å². The molecule has 1 unspecified atom stereocenters. The molecular formula is C20H20Cl2N2O2. The molecule has 1 aromatic heterocycles. The van der Waals surface area contributed by atoms with Crippen molar-refractivity contribution in [2.24, 2.45) is 0 Å². The smallest absolute Gasteiger partial charge is 0.179 e. The largest absolute Gasteiger partial charge is 0.491 e. The zero-order valence-corrected chi connectivity index (χ0v) is 15.9. The average Bonchev–Trinajstić information content (AvgIpc) is 3.14. The molecule has 0 spiro atoms. The van der Waals surface area contributed by atoms with Crippen LogP contribution in [0.15, 0.2) is 54.9 Å². The van der Waals surface area contributed by atoms with E-state index in [2.05, 4.69) is 9.97 Å². The van der Waals surface area contributed by atoms with Gasteiger partial charge in [-0.25, -0.2) is 4.98 Å². The number of aromatic amines is 1. The van der Waals surface area contributed by atoms with Crippen LogP contribution in [0.3, 0.4) is 0 Å². The number of H-pyrrole nitrogens is 1. The lowest BCUT2D eigenvalue weighted by Gasteiger charge is -2.20. The molecule has 136 valence electrons. The van der Waals surface area contributed by atoms with Gasteiger partial charge in [0.2, 0.25) is 0 Å². The van der Waals surface area contributed by atoms with E-state index >= 15 is 0 Å². The van der Waals surface area contributed by atoms with E-state index in [0.29, 0.717) is 22.9 Å². The first-order valence-corrected chi connectivity index (χ1v) is 9.13. The molecule has 0 amide bonds. The van der Waals surface area contributed by atoms with Gasteiger partial charge >= 0.3 is 0 Å². The SMILES string of the molecule is COc1c(Cl)cccc1OC(CCc1ccc(Cl)cc1)Cc1ncc[nH]1. The molecule has 0 radical (unpaired) electrons. The minimum Gasteiger partial charge on any atom is -0.491 e. The minimum atomic E-state index is -0.0794. The first-order chi connectivity index (χ1) is 12.7. The predicted molar refractivity (Wildman–Crippen MR) is 104 cm³/mol. The molecule has 0 aliphatic carbocycles. The molecular weight excluding hydrogens is 371 g/mol. The highest BCUT2D eigenvalue weighted by Crippen LogP contribution is 2.35. The number of aryl methyl sites for hydroxylation is 1. The highest BCUT2D eigenvalue weighted by molar-refractivity contribution is 6.32. The number of para-hydroxylation sites is 1. The molecule has 0 aliphatic rings. The molecule has 26 heavy (non-hydrogen) atoms. The number of nitrogens with one attached hydrogen (secondary N) is 1. The van der Waals surface area contributed by atoms with Crippen molar-refractivity contribution in [1.29, 1.82) is 0 Å². The maximum absolute atomic E-state index is 6.24. The lowest BCUT2D eigenvalue weighted by molar-refractivity contribution is 0.182. The number of aromatic nitrogens is 2. The van der Waals surface area contributed by atoms with Crippen molar-refractivity contribution < 1.29 is 9.47 Å². The summed E-state index contributed by atoms with van der Waals surface area (Å²) in [5.74, 6) is 2.06. The van der Waals surface area contributed by atoms with Crippen LogP contribution in [0.25, 0.3) is 0 Å². The van der Waals surface area contributed by atoms with Crippen LogP contribution in [0.5, 0.6) is 11.5 Å². The highest BCUT2D eigenvalue weighted by atomic mass is 35.5. The number of nitrogens with zero attached hydrogens (tertiary/aromatic N) is 1. The van der Waals surface area contributed by atoms with E-state index in [1.54, 1.807) is 19.4 Å². The summed E-state index contributed by atoms with van der Waals surface area (Å²) in [7, 11) is 1.59. The minimum absolute atomic E-state index is 0.0794. The first kappa shape index (κ1) is 18.6. The quantitative estimate of drug-likeness (QED) is 0.563. The van der Waals surface area contributed by atoms with Gasteiger partial charge in [0.15, 0.2) is 11.5 Å². The van der Waals surface area contributed by atoms with Crippen molar-refractivity contribution >= 4 is 23.2 Å². The predicted octanol–water partition coefficient (Wildman–Crippen LogP) is 5.35. The Morgan fingerprint density at radius 3 is 2.62 bits per heavy atom. The van der Waals surface area contributed by atoms with Gasteiger partial charge < -0.3 is 14.5 Å². The van der Waals surface area contributed by atoms with Gasteiger partial charge in [0.05, 0.1) is 12.1 Å². The van der Waals surface area contributed by atoms with E-state index < -0.39 is 0 Å². The third-order valence-corrected chi connectivity index (χ3v) is 4.62. The van der Waals surface area contributed by atoms with E-state index in [9.17, 15) is 0 Å². The zero-order chi connectivity index (χ0) is 18.4. The molecule has 2 aromatic carbocycles. The summed E-state index contributed by atoms with van der Waals surface area (Å²) in [6.45, 7) is 0. The van der Waals surface area contributed by atoms with Crippen LogP contribution >= 0.6 is 23.2 Å². The molecule has 0 saturated heterocycles. The van der Waals surface area contributed by atoms with Crippen LogP contribution < -0.4 is 9.47 Å². The molecule has 0 bridgehead atoms. The summed E-state index contributed by atoms with van der Waals surface area (Å²) in [5, 5.41) is 1.26. The lowest BCUT2D eigenvalue weighted by atomic mass is 10.0. The van der Waals surface area contributed by atoms with Crippen molar-refractivity contribution in [1.82, 2.24) is 9.97 Å². The highest BCUT2D eigenvalue weighted by Gasteiger charge is 2.17. The summed E-state index contributed by atoms with van der Waals surface area (Å²) in [6.07, 6.45) is 5.82. The Balaban J connectivity index is 1.74. The number of ether oxygens (including phenoxy) is 2. The topological polar surface area (TPSA) is 47.1 Å². The molecule has 3 rings (SSSR count). The van der Waals surface area contributed by atoms with Crippen LogP contribution in [0.1, 0.15) is 17.8 Å². The van der Waals surface area contributed by atoms with Gasteiger partial charge in [0.25, 0.3) is 0 Å². The van der Waals surface area contributed by atoms with Crippen LogP contribution in [0.2, 0.25) is 10.0 Å². The second-order valence-corrected chi connectivity index (χ2v) is 6.76. The monoisotopic (exact) mass is 390 g/mol. The van der Waals surface area contributed by atoms with E-state index in [4.69, 9.17) is 32.7 Å². The first-order valence-electron chi connectivity index (χ1n) is 8.37. The number of hydrogen-bond donors (Lipinski definition) is 1. The van der Waals surface area contributed by atoms with Gasteiger partial charge in [-0.3, -0.25) is 0 Å². The molecule has 0 aliphatic heterocycles. The summed E-state index contributed by atoms with van der Waals surface area (Å²) in [6, 6.07) is 13.4. The van der Waals surface area contributed by atoms with E-state index in [0.717, 1.165) is 23.7 Å². The maximum atomic E-state index is 6.24. The number of methoxy groups -OCH3 is 1. The Kier molecular flexibility index (Phi) is 6.42. The molecule has 4 nitrogen and oxygen atoms in total. The number of halogens is 2. The summed E-state index contributed by atoms with van der Waals surface area (Å²) in [4.78, 5) is 7.45. The van der Waals surface area contributed by atoms with Gasteiger partial charge in [-0.1, -0.05) is 41.4 Å². The van der Waals surface area contributed by atoms with Crippen molar-refractivity contribution in [3.8, 4) is 11.5 Å². The van der Waals surface area contributed by atoms with Crippen molar-refractivity contribution in [3.63, 3.8) is 0 Å². The Labute approximate surface area is 163 Å². The van der Waals surface area contributed by atoms with Crippen molar-refractivity contribution in [2.45, 2.75) is 25.4 Å². The molecule has 1 atom stereocenters. The molecule has 1 heterocycles. The number of rotatable bonds is 8. The standard InChI is InChI=1S/C20H20Cl2N2O2/c1-25-20-17(22)3-2-4-18(20)26-16(13-19-23-11-12-24-19)10-7-14-5-8-15(21)9-6-14/h2-6,8-9,11-12,16H,7,10,13H2,1H3,(H,23,24). The third-order valence-electron chi connectivity index (χ3n) is 4.07. The van der Waals surface area contributed by atoms with Crippen molar-refractivity contribution in [2.75, 3.05) is 7.11 Å². The van der Waals surface area contributed by atoms with Crippen LogP contribution in [-0.4, -0.2) is 23.2 Å². The molecule has 0 fully saturated rings. The maximum Gasteiger partial charge on any atom is 0.179 e. The zero-order valence-electron chi connectivity index (χ0n) is 14.4. The van der Waals surface area contributed by atoms with Gasteiger partial charge in [0, 0.05) is 23.8 Å². The average molecular weight is 391 g/mol. The number of hydrogen-bond acceptors (Lipinski definition) is 3. The second kappa shape index (κ2) is 8.97. The third kappa shape index (κ3) is 4.93. The molecule has 1 N–H and O–H groups in total. The van der Waals surface area contributed by atoms with Crippen LogP contribution in [0.4, 0.5) is 0 Å². The van der Waals surface area contributed by atoms with Crippen molar-refractivity contribution in [3.05, 3.63) is 76.3 Å². The Hall–Kier alpha value is -2.17. The Morgan fingerprint density at radius 1 is 1.12 bits per heavy atom. The molecule has 6 heteroatoms. The fraction of sp³-hybridized carbons (Fsp3) is 0.250. The van der Waals surface area contributed by atoms with Gasteiger partial charge in [-0.15, -0.1) is 0 Å². The van der Waals surface area contributed by atoms with E-state index in [1.165, 1.54) is 5.56 Å². The van der Waals surface area contributed by atoms with Gasteiger partial charge in [-0.2, -0.15) is 0 Å². The fourth-order valence-corrected chi connectivity index (χ4v) is 3.14.